The van der Waals surface area contributed by atoms with Gasteiger partial charge in [-0.2, -0.15) is 0 Å². The molecule has 1 nitrogen and oxygen atoms in total. The van der Waals surface area contributed by atoms with E-state index in [-0.39, 0.29) is 0 Å². The Balaban J connectivity index is 1.29. The van der Waals surface area contributed by atoms with E-state index in [1.165, 1.54) is 64.8 Å². The third-order valence-electron chi connectivity index (χ3n) is 9.41. The summed E-state index contributed by atoms with van der Waals surface area (Å²) in [6.45, 7) is 0. The molecule has 0 aliphatic rings. The van der Waals surface area contributed by atoms with Gasteiger partial charge in [-0.25, -0.2) is 0 Å². The van der Waals surface area contributed by atoms with Gasteiger partial charge < -0.3 is 4.42 Å². The van der Waals surface area contributed by atoms with E-state index < -0.39 is 0 Å². The zero-order valence-corrected chi connectivity index (χ0v) is 23.3. The van der Waals surface area contributed by atoms with E-state index in [1.54, 1.807) is 0 Å². The molecular formula is C42H24O. The van der Waals surface area contributed by atoms with Gasteiger partial charge in [-0.1, -0.05) is 121 Å². The Hall–Kier alpha value is -5.66. The number of fused-ring (bicyclic) bond motifs is 16. The zero-order valence-electron chi connectivity index (χ0n) is 23.3. The lowest BCUT2D eigenvalue weighted by molar-refractivity contribution is 0.673. The molecule has 0 saturated carbocycles. The highest BCUT2D eigenvalue weighted by Crippen LogP contribution is 2.45. The van der Waals surface area contributed by atoms with Crippen LogP contribution in [0, 0.1) is 0 Å². The molecule has 1 aromatic heterocycles. The molecule has 0 saturated heterocycles. The van der Waals surface area contributed by atoms with Crippen LogP contribution in [0.4, 0.5) is 0 Å². The summed E-state index contributed by atoms with van der Waals surface area (Å²) in [6, 6.07) is 53.1. The number of furan rings is 1. The molecule has 0 atom stereocenters. The molecule has 10 rings (SSSR count). The van der Waals surface area contributed by atoms with Crippen molar-refractivity contribution in [1.82, 2.24) is 0 Å². The minimum absolute atomic E-state index is 0.921. The topological polar surface area (TPSA) is 13.1 Å². The maximum atomic E-state index is 6.53. The lowest BCUT2D eigenvalue weighted by Gasteiger charge is -2.17. The van der Waals surface area contributed by atoms with Gasteiger partial charge in [0.1, 0.15) is 11.2 Å². The molecule has 1 heteroatoms. The predicted octanol–water partition coefficient (Wildman–Crippen LogP) is 12.2. The van der Waals surface area contributed by atoms with Crippen LogP contribution in [0.25, 0.3) is 97.7 Å². The molecule has 0 bridgehead atoms. The molecule has 1 heterocycles. The van der Waals surface area contributed by atoms with Gasteiger partial charge in [0.05, 0.1) is 0 Å². The van der Waals surface area contributed by atoms with Gasteiger partial charge in [-0.3, -0.25) is 0 Å². The molecule has 0 unspecified atom stereocenters. The van der Waals surface area contributed by atoms with Crippen LogP contribution in [0.15, 0.2) is 150 Å². The van der Waals surface area contributed by atoms with E-state index in [2.05, 4.69) is 146 Å². The number of rotatable bonds is 1. The molecule has 0 N–H and O–H groups in total. The highest BCUT2D eigenvalue weighted by Gasteiger charge is 2.17. The van der Waals surface area contributed by atoms with Crippen LogP contribution in [0.1, 0.15) is 0 Å². The first kappa shape index (κ1) is 23.0. The van der Waals surface area contributed by atoms with Crippen molar-refractivity contribution < 1.29 is 4.42 Å². The smallest absolute Gasteiger partial charge is 0.143 e. The van der Waals surface area contributed by atoms with Crippen LogP contribution in [0.3, 0.4) is 0 Å². The first-order valence-corrected chi connectivity index (χ1v) is 14.9. The lowest BCUT2D eigenvalue weighted by atomic mass is 9.86. The minimum Gasteiger partial charge on any atom is -0.455 e. The van der Waals surface area contributed by atoms with Crippen molar-refractivity contribution in [3.05, 3.63) is 146 Å². The second kappa shape index (κ2) is 8.44. The molecular weight excluding hydrogens is 520 g/mol. The SMILES string of the molecule is c1ccc2c(c1)ccc1c3ccc(-c4ccc5c(c4)c4ccccc4c4c6ccccc6c6ccccc6c54)cc3oc21. The van der Waals surface area contributed by atoms with Gasteiger partial charge >= 0.3 is 0 Å². The Bertz CT molecular complexity index is 2780. The molecule has 0 radical (unpaired) electrons. The minimum atomic E-state index is 0.921. The first-order chi connectivity index (χ1) is 21.3. The molecule has 0 spiro atoms. The van der Waals surface area contributed by atoms with Gasteiger partial charge in [-0.15, -0.1) is 0 Å². The van der Waals surface area contributed by atoms with Gasteiger partial charge in [0, 0.05) is 16.2 Å². The molecule has 10 aromatic rings. The third-order valence-corrected chi connectivity index (χ3v) is 9.41. The van der Waals surface area contributed by atoms with E-state index >= 15 is 0 Å². The Morgan fingerprint density at radius 1 is 0.302 bits per heavy atom. The largest absolute Gasteiger partial charge is 0.455 e. The molecule has 0 fully saturated rings. The molecule has 43 heavy (non-hydrogen) atoms. The van der Waals surface area contributed by atoms with Gasteiger partial charge in [0.15, 0.2) is 0 Å². The van der Waals surface area contributed by atoms with E-state index in [1.807, 2.05) is 0 Å². The fraction of sp³-hybridized carbons (Fsp3) is 0. The Morgan fingerprint density at radius 3 is 1.42 bits per heavy atom. The lowest BCUT2D eigenvalue weighted by Crippen LogP contribution is -1.89. The number of hydrogen-bond acceptors (Lipinski definition) is 1. The summed E-state index contributed by atoms with van der Waals surface area (Å²) in [5.41, 5.74) is 4.23. The summed E-state index contributed by atoms with van der Waals surface area (Å²) < 4.78 is 6.53. The van der Waals surface area contributed by atoms with Crippen LogP contribution in [-0.2, 0) is 0 Å². The standard InChI is InChI=1S/C42H24O/c1-2-10-28-25(9-1)17-22-37-32-20-18-27(24-39(32)43-42(28)37)26-19-21-36-38(23-26)31-13-5-8-16-35(31)40-33-14-6-3-11-29(33)30-12-4-7-15-34(30)41(36)40/h1-24H. The van der Waals surface area contributed by atoms with Crippen LogP contribution >= 0.6 is 0 Å². The van der Waals surface area contributed by atoms with Crippen LogP contribution in [0.2, 0.25) is 0 Å². The molecule has 198 valence electrons. The monoisotopic (exact) mass is 544 g/mol. The second-order valence-corrected chi connectivity index (χ2v) is 11.6. The van der Waals surface area contributed by atoms with Crippen molar-refractivity contribution in [2.45, 2.75) is 0 Å². The van der Waals surface area contributed by atoms with Crippen LogP contribution in [0.5, 0.6) is 0 Å². The molecule has 0 amide bonds. The van der Waals surface area contributed by atoms with E-state index in [0.29, 0.717) is 0 Å². The molecule has 9 aromatic carbocycles. The highest BCUT2D eigenvalue weighted by molar-refractivity contribution is 6.39. The quantitative estimate of drug-likeness (QED) is 0.187. The Kier molecular flexibility index (Phi) is 4.51. The average Bonchev–Trinajstić information content (AvgIpc) is 3.46. The zero-order chi connectivity index (χ0) is 28.1. The van der Waals surface area contributed by atoms with Gasteiger partial charge in [-0.05, 0) is 94.6 Å². The van der Waals surface area contributed by atoms with E-state index in [4.69, 9.17) is 4.42 Å². The number of benzene rings is 9. The van der Waals surface area contributed by atoms with E-state index in [0.717, 1.165) is 32.9 Å². The van der Waals surface area contributed by atoms with Gasteiger partial charge in [0.2, 0.25) is 0 Å². The number of hydrogen-bond donors (Lipinski definition) is 0. The molecule has 0 aliphatic carbocycles. The third kappa shape index (κ3) is 3.11. The van der Waals surface area contributed by atoms with E-state index in [9.17, 15) is 0 Å². The van der Waals surface area contributed by atoms with Crippen molar-refractivity contribution in [3.8, 4) is 11.1 Å². The second-order valence-electron chi connectivity index (χ2n) is 11.6. The molecule has 0 aliphatic heterocycles. The highest BCUT2D eigenvalue weighted by atomic mass is 16.3. The van der Waals surface area contributed by atoms with Gasteiger partial charge in [0.25, 0.3) is 0 Å². The first-order valence-electron chi connectivity index (χ1n) is 14.9. The summed E-state index contributed by atoms with van der Waals surface area (Å²) in [5, 5.41) is 17.7. The fourth-order valence-corrected chi connectivity index (χ4v) is 7.49. The summed E-state index contributed by atoms with van der Waals surface area (Å²) in [4.78, 5) is 0. The fourth-order valence-electron chi connectivity index (χ4n) is 7.49. The van der Waals surface area contributed by atoms with Crippen LogP contribution in [-0.4, -0.2) is 0 Å². The Morgan fingerprint density at radius 2 is 0.767 bits per heavy atom. The van der Waals surface area contributed by atoms with Crippen molar-refractivity contribution in [2.75, 3.05) is 0 Å². The van der Waals surface area contributed by atoms with Crippen molar-refractivity contribution >= 4 is 86.6 Å². The van der Waals surface area contributed by atoms with Crippen molar-refractivity contribution in [1.29, 1.82) is 0 Å². The summed E-state index contributed by atoms with van der Waals surface area (Å²) in [5.74, 6) is 0. The Labute approximate surface area is 247 Å². The maximum Gasteiger partial charge on any atom is 0.143 e. The summed E-state index contributed by atoms with van der Waals surface area (Å²) >= 11 is 0. The normalized spacial score (nSPS) is 12.2. The predicted molar refractivity (Wildman–Crippen MR) is 184 cm³/mol. The van der Waals surface area contributed by atoms with Crippen molar-refractivity contribution in [3.63, 3.8) is 0 Å². The van der Waals surface area contributed by atoms with Crippen LogP contribution < -0.4 is 0 Å². The maximum absolute atomic E-state index is 6.53. The average molecular weight is 545 g/mol. The summed E-state index contributed by atoms with van der Waals surface area (Å²) in [6.07, 6.45) is 0. The summed E-state index contributed by atoms with van der Waals surface area (Å²) in [7, 11) is 0. The van der Waals surface area contributed by atoms with Crippen molar-refractivity contribution in [2.24, 2.45) is 0 Å².